The van der Waals surface area contributed by atoms with Crippen LogP contribution in [0.5, 0.6) is 0 Å². The van der Waals surface area contributed by atoms with Gasteiger partial charge >= 0.3 is 0 Å². The number of rotatable bonds is 1. The molecule has 0 spiro atoms. The molecule has 1 aromatic carbocycles. The third kappa shape index (κ3) is 2.62. The summed E-state index contributed by atoms with van der Waals surface area (Å²) >= 11 is 3.05. The minimum Gasteiger partial charge on any atom is -0.332 e. The van der Waals surface area contributed by atoms with Gasteiger partial charge in [0.05, 0.1) is 12.1 Å². The number of benzene rings is 1. The van der Waals surface area contributed by atoms with E-state index in [1.807, 2.05) is 0 Å². The van der Waals surface area contributed by atoms with Crippen LogP contribution in [0.25, 0.3) is 0 Å². The quantitative estimate of drug-likeness (QED) is 0.781. The molecule has 1 heterocycles. The molecule has 0 bridgehead atoms. The van der Waals surface area contributed by atoms with Crippen LogP contribution in [0.2, 0.25) is 0 Å². The molecule has 17 heavy (non-hydrogen) atoms. The van der Waals surface area contributed by atoms with Gasteiger partial charge in [-0.25, -0.2) is 13.2 Å². The molecule has 0 aliphatic carbocycles. The lowest BCUT2D eigenvalue weighted by molar-refractivity contribution is 0.0120. The van der Waals surface area contributed by atoms with Crippen molar-refractivity contribution in [1.29, 1.82) is 0 Å². The smallest absolute Gasteiger partial charge is 0.267 e. The summed E-state index contributed by atoms with van der Waals surface area (Å²) < 4.78 is 39.1. The van der Waals surface area contributed by atoms with E-state index in [9.17, 15) is 18.0 Å². The highest BCUT2D eigenvalue weighted by atomic mass is 79.9. The molecule has 0 unspecified atom stereocenters. The van der Waals surface area contributed by atoms with E-state index >= 15 is 0 Å². The third-order valence-corrected chi connectivity index (χ3v) is 3.27. The molecule has 0 radical (unpaired) electrons. The van der Waals surface area contributed by atoms with E-state index in [0.29, 0.717) is 0 Å². The van der Waals surface area contributed by atoms with Gasteiger partial charge in [-0.3, -0.25) is 4.79 Å². The van der Waals surface area contributed by atoms with Gasteiger partial charge in [0.15, 0.2) is 0 Å². The molecule has 1 fully saturated rings. The van der Waals surface area contributed by atoms with Crippen molar-refractivity contribution in [3.63, 3.8) is 0 Å². The zero-order valence-electron chi connectivity index (χ0n) is 8.72. The van der Waals surface area contributed by atoms with Crippen molar-refractivity contribution in [2.24, 2.45) is 0 Å². The summed E-state index contributed by atoms with van der Waals surface area (Å²) in [4.78, 5) is 13.0. The molecular weight excluding hydrogens is 299 g/mol. The molecule has 0 atom stereocenters. The first-order valence-corrected chi connectivity index (χ1v) is 5.80. The van der Waals surface area contributed by atoms with Gasteiger partial charge in [0.25, 0.3) is 11.8 Å². The molecule has 0 N–H and O–H groups in total. The average Bonchev–Trinajstić information content (AvgIpc) is 2.58. The van der Waals surface area contributed by atoms with Crippen LogP contribution in [0.3, 0.4) is 0 Å². The second kappa shape index (κ2) is 4.33. The van der Waals surface area contributed by atoms with Gasteiger partial charge in [0, 0.05) is 17.4 Å². The molecule has 0 aromatic heterocycles. The Morgan fingerprint density at radius 1 is 1.41 bits per heavy atom. The fourth-order valence-corrected chi connectivity index (χ4v) is 2.26. The van der Waals surface area contributed by atoms with E-state index in [4.69, 9.17) is 0 Å². The van der Waals surface area contributed by atoms with Crippen molar-refractivity contribution in [3.05, 3.63) is 34.1 Å². The number of hydrogen-bond acceptors (Lipinski definition) is 1. The lowest BCUT2D eigenvalue weighted by Gasteiger charge is -2.16. The number of carbonyl (C=O) groups is 1. The molecule has 1 saturated heterocycles. The Kier molecular flexibility index (Phi) is 3.16. The minimum absolute atomic E-state index is 0.0235. The first kappa shape index (κ1) is 12.4. The Morgan fingerprint density at radius 3 is 2.65 bits per heavy atom. The van der Waals surface area contributed by atoms with Gasteiger partial charge in [0.2, 0.25) is 0 Å². The van der Waals surface area contributed by atoms with Gasteiger partial charge < -0.3 is 4.90 Å². The summed E-state index contributed by atoms with van der Waals surface area (Å²) in [6.07, 6.45) is -0.322. The average molecular weight is 308 g/mol. The van der Waals surface area contributed by atoms with Crippen LogP contribution in [-0.4, -0.2) is 29.8 Å². The minimum atomic E-state index is -2.82. The van der Waals surface area contributed by atoms with Crippen molar-refractivity contribution in [2.75, 3.05) is 13.1 Å². The molecular formula is C11H9BrF3NO. The van der Waals surface area contributed by atoms with Crippen molar-refractivity contribution >= 4 is 21.8 Å². The maximum Gasteiger partial charge on any atom is 0.267 e. The number of carbonyl (C=O) groups excluding carboxylic acids is 1. The molecule has 1 amide bonds. The summed E-state index contributed by atoms with van der Waals surface area (Å²) in [7, 11) is 0. The second-order valence-electron chi connectivity index (χ2n) is 3.96. The van der Waals surface area contributed by atoms with Gasteiger partial charge in [0.1, 0.15) is 5.82 Å². The van der Waals surface area contributed by atoms with Gasteiger partial charge in [-0.05, 0) is 34.1 Å². The fraction of sp³-hybridized carbons (Fsp3) is 0.364. The molecule has 1 aliphatic rings. The normalized spacial score (nSPS) is 18.5. The monoisotopic (exact) mass is 307 g/mol. The zero-order chi connectivity index (χ0) is 12.6. The lowest BCUT2D eigenvalue weighted by Crippen LogP contribution is -2.31. The van der Waals surface area contributed by atoms with Crippen LogP contribution in [0.15, 0.2) is 22.7 Å². The molecule has 2 rings (SSSR count). The second-order valence-corrected chi connectivity index (χ2v) is 4.81. The predicted molar refractivity (Wildman–Crippen MR) is 59.6 cm³/mol. The Labute approximate surface area is 105 Å². The number of nitrogens with zero attached hydrogens (tertiary/aromatic N) is 1. The van der Waals surface area contributed by atoms with E-state index < -0.39 is 24.2 Å². The fourth-order valence-electron chi connectivity index (χ4n) is 1.74. The first-order valence-electron chi connectivity index (χ1n) is 5.01. The summed E-state index contributed by atoms with van der Waals surface area (Å²) in [5.74, 6) is -3.81. The zero-order valence-corrected chi connectivity index (χ0v) is 10.3. The van der Waals surface area contributed by atoms with Crippen molar-refractivity contribution in [3.8, 4) is 0 Å². The molecule has 0 saturated carbocycles. The number of halogens is 4. The van der Waals surface area contributed by atoms with Crippen LogP contribution < -0.4 is 0 Å². The van der Waals surface area contributed by atoms with Crippen LogP contribution in [0, 0.1) is 5.82 Å². The summed E-state index contributed by atoms with van der Waals surface area (Å²) in [5.41, 5.74) is 0.198. The number of amides is 1. The Hall–Kier alpha value is -1.04. The van der Waals surface area contributed by atoms with Gasteiger partial charge in [-0.1, -0.05) is 0 Å². The summed E-state index contributed by atoms with van der Waals surface area (Å²) in [6.45, 7) is -0.550. The standard InChI is InChI=1S/C11H9BrF3NO/c12-9-5-7(13)1-2-8(9)10(17)16-4-3-11(14,15)6-16/h1-2,5H,3-4,6H2. The van der Waals surface area contributed by atoms with E-state index in [2.05, 4.69) is 15.9 Å². The highest BCUT2D eigenvalue weighted by Gasteiger charge is 2.40. The Bertz CT molecular complexity index is 464. The largest absolute Gasteiger partial charge is 0.332 e. The van der Waals surface area contributed by atoms with E-state index in [-0.39, 0.29) is 23.0 Å². The number of hydrogen-bond donors (Lipinski definition) is 0. The highest BCUT2D eigenvalue weighted by molar-refractivity contribution is 9.10. The van der Waals surface area contributed by atoms with Crippen LogP contribution in [0.1, 0.15) is 16.8 Å². The summed E-state index contributed by atoms with van der Waals surface area (Å²) in [6, 6.07) is 3.56. The van der Waals surface area contributed by atoms with Gasteiger partial charge in [-0.2, -0.15) is 0 Å². The lowest BCUT2D eigenvalue weighted by atomic mass is 10.2. The van der Waals surface area contributed by atoms with Crippen molar-refractivity contribution in [1.82, 2.24) is 4.90 Å². The Balaban J connectivity index is 2.21. The molecule has 1 aromatic rings. The van der Waals surface area contributed by atoms with E-state index in [1.165, 1.54) is 6.07 Å². The first-order chi connectivity index (χ1) is 7.89. The molecule has 2 nitrogen and oxygen atoms in total. The van der Waals surface area contributed by atoms with Crippen LogP contribution in [0.4, 0.5) is 13.2 Å². The number of alkyl halides is 2. The van der Waals surface area contributed by atoms with Crippen LogP contribution in [-0.2, 0) is 0 Å². The predicted octanol–water partition coefficient (Wildman–Crippen LogP) is 3.07. The van der Waals surface area contributed by atoms with Crippen molar-refractivity contribution < 1.29 is 18.0 Å². The highest BCUT2D eigenvalue weighted by Crippen LogP contribution is 2.29. The molecule has 92 valence electrons. The van der Waals surface area contributed by atoms with Crippen LogP contribution >= 0.6 is 15.9 Å². The van der Waals surface area contributed by atoms with E-state index in [1.54, 1.807) is 0 Å². The summed E-state index contributed by atoms with van der Waals surface area (Å²) in [5, 5.41) is 0. The molecule has 1 aliphatic heterocycles. The van der Waals surface area contributed by atoms with Crippen molar-refractivity contribution in [2.45, 2.75) is 12.3 Å². The van der Waals surface area contributed by atoms with Gasteiger partial charge in [-0.15, -0.1) is 0 Å². The van der Waals surface area contributed by atoms with E-state index in [0.717, 1.165) is 17.0 Å². The molecule has 6 heteroatoms. The third-order valence-electron chi connectivity index (χ3n) is 2.62. The maximum atomic E-state index is 13.0. The topological polar surface area (TPSA) is 20.3 Å². The maximum absolute atomic E-state index is 13.0. The Morgan fingerprint density at radius 2 is 2.12 bits per heavy atom. The number of likely N-dealkylation sites (tertiary alicyclic amines) is 1. The SMILES string of the molecule is O=C(c1ccc(F)cc1Br)N1CCC(F)(F)C1.